The monoisotopic (exact) mass is 490 g/mol. The molecule has 0 fully saturated rings. The van der Waals surface area contributed by atoms with Crippen molar-refractivity contribution in [3.05, 3.63) is 110 Å². The molecule has 0 unspecified atom stereocenters. The molecule has 2 aromatic carbocycles. The van der Waals surface area contributed by atoms with Crippen LogP contribution in [0, 0.1) is 13.8 Å². The molecule has 8 heteroatoms. The zero-order valence-corrected chi connectivity index (χ0v) is 20.0. The number of rotatable bonds is 5. The Bertz CT molecular complexity index is 1590. The van der Waals surface area contributed by atoms with Crippen LogP contribution in [0.2, 0.25) is 10.0 Å². The summed E-state index contributed by atoms with van der Waals surface area (Å²) in [4.78, 5) is 18.2. The van der Waals surface area contributed by atoms with E-state index in [0.717, 1.165) is 16.9 Å². The number of hydrogen-bond acceptors (Lipinski definition) is 4. The van der Waals surface area contributed by atoms with E-state index in [9.17, 15) is 4.79 Å². The summed E-state index contributed by atoms with van der Waals surface area (Å²) in [6.07, 6.45) is 1.67. The second-order valence-corrected chi connectivity index (χ2v) is 8.67. The Labute approximate surface area is 206 Å². The second kappa shape index (κ2) is 8.97. The summed E-state index contributed by atoms with van der Waals surface area (Å²) in [5.74, 6) is 0.493. The lowest BCUT2D eigenvalue weighted by Gasteiger charge is -2.12. The molecule has 0 N–H and O–H groups in total. The Kier molecular flexibility index (Phi) is 5.86. The molecule has 5 rings (SSSR count). The summed E-state index contributed by atoms with van der Waals surface area (Å²) >= 11 is 12.6. The van der Waals surface area contributed by atoms with Gasteiger partial charge in [0, 0.05) is 22.5 Å². The number of halogens is 2. The van der Waals surface area contributed by atoms with E-state index in [2.05, 4.69) is 5.10 Å². The van der Waals surface area contributed by atoms with E-state index in [1.165, 1.54) is 4.40 Å². The Morgan fingerprint density at radius 3 is 2.44 bits per heavy atom. The van der Waals surface area contributed by atoms with Crippen LogP contribution in [0.4, 0.5) is 0 Å². The third-order valence-corrected chi connectivity index (χ3v) is 6.25. The fourth-order valence-corrected chi connectivity index (χ4v) is 4.29. The standard InChI is InChI=1S/C26H20Cl2N4O2/c1-16-14-21(30-32(16)22-11-6-5-10-20(22)28)24-17(2)29-25-23(12-7-13-31(25)26(24)33)34-15-18-8-3-4-9-19(18)27/h3-14H,15H2,1-2H3. The first-order valence-corrected chi connectivity index (χ1v) is 11.4. The number of nitrogens with zero attached hydrogens (tertiary/aromatic N) is 4. The molecular weight excluding hydrogens is 471 g/mol. The van der Waals surface area contributed by atoms with E-state index in [1.807, 2.05) is 55.5 Å². The van der Waals surface area contributed by atoms with Gasteiger partial charge in [-0.2, -0.15) is 5.10 Å². The molecule has 170 valence electrons. The van der Waals surface area contributed by atoms with Gasteiger partial charge in [-0.3, -0.25) is 9.20 Å². The molecule has 0 amide bonds. The predicted molar refractivity (Wildman–Crippen MR) is 134 cm³/mol. The Hall–Kier alpha value is -3.61. The van der Waals surface area contributed by atoms with Crippen LogP contribution in [0.15, 0.2) is 77.7 Å². The normalized spacial score (nSPS) is 11.2. The minimum Gasteiger partial charge on any atom is -0.485 e. The molecule has 0 bridgehead atoms. The molecule has 0 aliphatic rings. The number of para-hydroxylation sites is 1. The van der Waals surface area contributed by atoms with E-state index >= 15 is 0 Å². The minimum absolute atomic E-state index is 0.227. The number of fused-ring (bicyclic) bond motifs is 1. The van der Waals surface area contributed by atoms with Crippen molar-refractivity contribution in [1.29, 1.82) is 0 Å². The van der Waals surface area contributed by atoms with Crippen LogP contribution in [0.25, 0.3) is 22.6 Å². The zero-order chi connectivity index (χ0) is 23.8. The number of hydrogen-bond donors (Lipinski definition) is 0. The van der Waals surface area contributed by atoms with Crippen molar-refractivity contribution in [2.24, 2.45) is 0 Å². The highest BCUT2D eigenvalue weighted by molar-refractivity contribution is 6.32. The van der Waals surface area contributed by atoms with E-state index in [-0.39, 0.29) is 12.2 Å². The molecule has 0 saturated carbocycles. The Morgan fingerprint density at radius 1 is 0.941 bits per heavy atom. The molecule has 3 aromatic heterocycles. The average molecular weight is 491 g/mol. The molecule has 0 radical (unpaired) electrons. The number of pyridine rings is 1. The van der Waals surface area contributed by atoms with Crippen LogP contribution < -0.4 is 10.3 Å². The Balaban J connectivity index is 1.57. The van der Waals surface area contributed by atoms with Gasteiger partial charge in [0.2, 0.25) is 0 Å². The van der Waals surface area contributed by atoms with Gasteiger partial charge in [-0.25, -0.2) is 9.67 Å². The maximum atomic E-state index is 13.5. The fourth-order valence-electron chi connectivity index (χ4n) is 3.89. The molecule has 0 spiro atoms. The molecule has 0 aliphatic heterocycles. The van der Waals surface area contributed by atoms with Gasteiger partial charge in [-0.1, -0.05) is 53.5 Å². The van der Waals surface area contributed by atoms with Crippen molar-refractivity contribution in [2.75, 3.05) is 0 Å². The SMILES string of the molecule is Cc1nc2c(OCc3ccccc3Cl)cccn2c(=O)c1-c1cc(C)n(-c2ccccc2Cl)n1. The van der Waals surface area contributed by atoms with E-state index < -0.39 is 0 Å². The van der Waals surface area contributed by atoms with Gasteiger partial charge in [0.25, 0.3) is 5.56 Å². The molecule has 34 heavy (non-hydrogen) atoms. The van der Waals surface area contributed by atoms with Crippen LogP contribution in [0.3, 0.4) is 0 Å². The molecule has 0 aliphatic carbocycles. The van der Waals surface area contributed by atoms with Crippen molar-refractivity contribution >= 4 is 28.8 Å². The van der Waals surface area contributed by atoms with E-state index in [4.69, 9.17) is 32.9 Å². The highest BCUT2D eigenvalue weighted by Gasteiger charge is 2.19. The summed E-state index contributed by atoms with van der Waals surface area (Å²) in [5, 5.41) is 5.88. The van der Waals surface area contributed by atoms with Crippen molar-refractivity contribution in [2.45, 2.75) is 20.5 Å². The van der Waals surface area contributed by atoms with Gasteiger partial charge in [-0.15, -0.1) is 0 Å². The maximum Gasteiger partial charge on any atom is 0.267 e. The minimum atomic E-state index is -0.227. The summed E-state index contributed by atoms with van der Waals surface area (Å²) in [7, 11) is 0. The highest BCUT2D eigenvalue weighted by Crippen LogP contribution is 2.27. The van der Waals surface area contributed by atoms with Crippen molar-refractivity contribution in [1.82, 2.24) is 19.2 Å². The molecule has 0 saturated heterocycles. The zero-order valence-electron chi connectivity index (χ0n) is 18.5. The Morgan fingerprint density at radius 2 is 1.68 bits per heavy atom. The fraction of sp³-hybridized carbons (Fsp3) is 0.115. The average Bonchev–Trinajstić information content (AvgIpc) is 3.19. The second-order valence-electron chi connectivity index (χ2n) is 7.86. The smallest absolute Gasteiger partial charge is 0.267 e. The largest absolute Gasteiger partial charge is 0.485 e. The van der Waals surface area contributed by atoms with E-state index in [0.29, 0.717) is 38.4 Å². The highest BCUT2D eigenvalue weighted by atomic mass is 35.5. The van der Waals surface area contributed by atoms with Gasteiger partial charge in [0.15, 0.2) is 11.4 Å². The van der Waals surface area contributed by atoms with Gasteiger partial charge >= 0.3 is 0 Å². The van der Waals surface area contributed by atoms with Gasteiger partial charge < -0.3 is 4.74 Å². The number of aryl methyl sites for hydroxylation is 2. The van der Waals surface area contributed by atoms with Crippen molar-refractivity contribution in [3.63, 3.8) is 0 Å². The van der Waals surface area contributed by atoms with Crippen LogP contribution in [0.5, 0.6) is 5.75 Å². The first-order chi connectivity index (χ1) is 16.4. The number of aromatic nitrogens is 4. The first-order valence-electron chi connectivity index (χ1n) is 10.6. The van der Waals surface area contributed by atoms with Crippen molar-refractivity contribution < 1.29 is 4.74 Å². The van der Waals surface area contributed by atoms with Crippen LogP contribution in [-0.4, -0.2) is 19.2 Å². The van der Waals surface area contributed by atoms with Gasteiger partial charge in [0.05, 0.1) is 22.0 Å². The lowest BCUT2D eigenvalue weighted by molar-refractivity contribution is 0.308. The lowest BCUT2D eigenvalue weighted by Crippen LogP contribution is -2.19. The summed E-state index contributed by atoms with van der Waals surface area (Å²) in [6.45, 7) is 3.98. The first kappa shape index (κ1) is 22.2. The summed E-state index contributed by atoms with van der Waals surface area (Å²) in [6, 6.07) is 20.3. The summed E-state index contributed by atoms with van der Waals surface area (Å²) < 4.78 is 9.21. The maximum absolute atomic E-state index is 13.5. The molecule has 0 atom stereocenters. The van der Waals surface area contributed by atoms with Gasteiger partial charge in [0.1, 0.15) is 12.3 Å². The number of ether oxygens (including phenoxy) is 1. The lowest BCUT2D eigenvalue weighted by atomic mass is 10.1. The molecular formula is C26H20Cl2N4O2. The van der Waals surface area contributed by atoms with Gasteiger partial charge in [-0.05, 0) is 50.2 Å². The quantitative estimate of drug-likeness (QED) is 0.300. The van der Waals surface area contributed by atoms with Crippen LogP contribution >= 0.6 is 23.2 Å². The summed E-state index contributed by atoms with van der Waals surface area (Å²) in [5.41, 5.74) is 4.17. The topological polar surface area (TPSA) is 61.4 Å². The van der Waals surface area contributed by atoms with Crippen molar-refractivity contribution in [3.8, 4) is 22.7 Å². The van der Waals surface area contributed by atoms with E-state index in [1.54, 1.807) is 36.0 Å². The molecule has 3 heterocycles. The van der Waals surface area contributed by atoms with Crippen LogP contribution in [-0.2, 0) is 6.61 Å². The predicted octanol–water partition coefficient (Wildman–Crippen LogP) is 6.05. The van der Waals surface area contributed by atoms with Crippen LogP contribution in [0.1, 0.15) is 17.0 Å². The third kappa shape index (κ3) is 3.95. The third-order valence-electron chi connectivity index (χ3n) is 5.56. The number of benzene rings is 2. The molecule has 6 nitrogen and oxygen atoms in total. The molecule has 5 aromatic rings.